The lowest BCUT2D eigenvalue weighted by Gasteiger charge is -1.94. The van der Waals surface area contributed by atoms with Crippen LogP contribution < -0.4 is 5.73 Å². The number of fused-ring (bicyclic) bond motifs is 1. The van der Waals surface area contributed by atoms with Gasteiger partial charge in [0.25, 0.3) is 0 Å². The first-order valence-corrected chi connectivity index (χ1v) is 7.06. The molecule has 2 aromatic heterocycles. The molecule has 6 nitrogen and oxygen atoms in total. The second kappa shape index (κ2) is 4.51. The van der Waals surface area contributed by atoms with E-state index in [0.717, 1.165) is 16.7 Å². The summed E-state index contributed by atoms with van der Waals surface area (Å²) >= 11 is 0. The van der Waals surface area contributed by atoms with Crippen LogP contribution in [0, 0.1) is 0 Å². The summed E-state index contributed by atoms with van der Waals surface area (Å²) in [5.74, 6) is 0.343. The second-order valence-corrected chi connectivity index (χ2v) is 5.66. The van der Waals surface area contributed by atoms with E-state index < -0.39 is 10.8 Å². The number of benzene rings is 1. The number of nitrogens with two attached hydrogens (primary N) is 1. The minimum Gasteiger partial charge on any atom is -0.399 e. The van der Waals surface area contributed by atoms with Gasteiger partial charge in [-0.3, -0.25) is 8.89 Å². The largest absolute Gasteiger partial charge is 0.399 e. The first-order valence-electron chi connectivity index (χ1n) is 5.74. The van der Waals surface area contributed by atoms with Crippen LogP contribution >= 0.6 is 0 Å². The maximum Gasteiger partial charge on any atom is 0.197 e. The predicted octanol–water partition coefficient (Wildman–Crippen LogP) is 1.19. The van der Waals surface area contributed by atoms with Crippen LogP contribution in [0.2, 0.25) is 0 Å². The Morgan fingerprint density at radius 1 is 1.42 bits per heavy atom. The van der Waals surface area contributed by atoms with E-state index in [1.807, 2.05) is 25.4 Å². The van der Waals surface area contributed by atoms with Crippen molar-refractivity contribution < 1.29 is 4.21 Å². The van der Waals surface area contributed by atoms with Crippen LogP contribution in [0.4, 0.5) is 5.69 Å². The van der Waals surface area contributed by atoms with E-state index in [9.17, 15) is 4.21 Å². The van der Waals surface area contributed by atoms with Gasteiger partial charge in [-0.25, -0.2) is 4.98 Å². The first-order chi connectivity index (χ1) is 9.11. The molecule has 0 aliphatic rings. The molecule has 1 atom stereocenters. The Hall–Kier alpha value is -2.15. The third-order valence-corrected chi connectivity index (χ3v) is 3.93. The SMILES string of the molecule is Cn1ccc(CS(=O)c2nc3ccc(N)cc3[nH]2)n1. The fraction of sp³-hybridized carbons (Fsp3) is 0.167. The highest BCUT2D eigenvalue weighted by atomic mass is 32.2. The van der Waals surface area contributed by atoms with Crippen LogP contribution in [0.25, 0.3) is 11.0 Å². The monoisotopic (exact) mass is 275 g/mol. The summed E-state index contributed by atoms with van der Waals surface area (Å²) in [6.45, 7) is 0. The fourth-order valence-electron chi connectivity index (χ4n) is 1.85. The molecule has 0 fully saturated rings. The highest BCUT2D eigenvalue weighted by Gasteiger charge is 2.12. The van der Waals surface area contributed by atoms with Gasteiger partial charge >= 0.3 is 0 Å². The van der Waals surface area contributed by atoms with Crippen LogP contribution in [0.5, 0.6) is 0 Å². The van der Waals surface area contributed by atoms with Crippen LogP contribution in [-0.2, 0) is 23.6 Å². The van der Waals surface area contributed by atoms with Crippen LogP contribution in [0.3, 0.4) is 0 Å². The number of hydrogen-bond acceptors (Lipinski definition) is 4. The van der Waals surface area contributed by atoms with E-state index in [-0.39, 0.29) is 0 Å². The molecule has 0 aliphatic heterocycles. The van der Waals surface area contributed by atoms with Crippen molar-refractivity contribution in [1.82, 2.24) is 19.7 Å². The molecule has 3 rings (SSSR count). The van der Waals surface area contributed by atoms with E-state index in [2.05, 4.69) is 15.1 Å². The summed E-state index contributed by atoms with van der Waals surface area (Å²) in [4.78, 5) is 7.35. The zero-order chi connectivity index (χ0) is 13.4. The molecule has 1 aromatic carbocycles. The maximum absolute atomic E-state index is 12.2. The van der Waals surface area contributed by atoms with Gasteiger partial charge in [-0.05, 0) is 24.3 Å². The van der Waals surface area contributed by atoms with Crippen molar-refractivity contribution in [3.05, 3.63) is 36.2 Å². The Balaban J connectivity index is 1.89. The Morgan fingerprint density at radius 3 is 3.00 bits per heavy atom. The lowest BCUT2D eigenvalue weighted by molar-refractivity contribution is 0.675. The number of nitrogens with zero attached hydrogens (tertiary/aromatic N) is 3. The number of aromatic nitrogens is 4. The predicted molar refractivity (Wildman–Crippen MR) is 73.8 cm³/mol. The Morgan fingerprint density at radius 2 is 2.26 bits per heavy atom. The molecule has 3 N–H and O–H groups in total. The van der Waals surface area contributed by atoms with Crippen LogP contribution in [-0.4, -0.2) is 24.0 Å². The van der Waals surface area contributed by atoms with Crippen molar-refractivity contribution in [2.24, 2.45) is 7.05 Å². The van der Waals surface area contributed by atoms with Crippen molar-refractivity contribution in [2.45, 2.75) is 10.9 Å². The number of nitrogens with one attached hydrogen (secondary N) is 1. The van der Waals surface area contributed by atoms with Gasteiger partial charge in [0.1, 0.15) is 0 Å². The van der Waals surface area contributed by atoms with Gasteiger partial charge in [-0.1, -0.05) is 0 Å². The molecule has 0 saturated carbocycles. The summed E-state index contributed by atoms with van der Waals surface area (Å²) in [5, 5.41) is 4.66. The molecule has 98 valence electrons. The van der Waals surface area contributed by atoms with Gasteiger partial charge in [0.05, 0.1) is 33.3 Å². The fourth-order valence-corrected chi connectivity index (χ4v) is 2.84. The first kappa shape index (κ1) is 11.9. The molecular formula is C12H13N5OS. The Bertz CT molecular complexity index is 760. The van der Waals surface area contributed by atoms with E-state index in [1.165, 1.54) is 0 Å². The molecule has 0 saturated heterocycles. The average Bonchev–Trinajstić information content (AvgIpc) is 2.95. The third-order valence-electron chi connectivity index (χ3n) is 2.75. The number of aryl methyl sites for hydroxylation is 1. The number of aromatic amines is 1. The highest BCUT2D eigenvalue weighted by molar-refractivity contribution is 7.84. The summed E-state index contributed by atoms with van der Waals surface area (Å²) < 4.78 is 13.9. The topological polar surface area (TPSA) is 89.6 Å². The number of imidazole rings is 1. The van der Waals surface area contributed by atoms with Crippen molar-refractivity contribution in [3.8, 4) is 0 Å². The van der Waals surface area contributed by atoms with Crippen molar-refractivity contribution in [1.29, 1.82) is 0 Å². The molecule has 3 aromatic rings. The maximum atomic E-state index is 12.2. The molecule has 19 heavy (non-hydrogen) atoms. The second-order valence-electron chi connectivity index (χ2n) is 4.29. The molecule has 0 spiro atoms. The highest BCUT2D eigenvalue weighted by Crippen LogP contribution is 2.17. The van der Waals surface area contributed by atoms with Crippen LogP contribution in [0.1, 0.15) is 5.69 Å². The number of rotatable bonds is 3. The average molecular weight is 275 g/mol. The summed E-state index contributed by atoms with van der Waals surface area (Å²) in [5.41, 5.74) is 8.69. The van der Waals surface area contributed by atoms with Gasteiger partial charge in [0, 0.05) is 18.9 Å². The number of nitrogen functional groups attached to an aromatic ring is 1. The lowest BCUT2D eigenvalue weighted by Crippen LogP contribution is -2.00. The number of anilines is 1. The minimum absolute atomic E-state index is 0.343. The van der Waals surface area contributed by atoms with Crippen LogP contribution in [0.15, 0.2) is 35.6 Å². The Labute approximate surface area is 112 Å². The molecule has 7 heteroatoms. The molecule has 0 radical (unpaired) electrons. The molecule has 0 amide bonds. The Kier molecular flexibility index (Phi) is 2.83. The molecule has 1 unspecified atom stereocenters. The van der Waals surface area contributed by atoms with Crippen molar-refractivity contribution in [3.63, 3.8) is 0 Å². The van der Waals surface area contributed by atoms with Gasteiger partial charge in [0.2, 0.25) is 0 Å². The summed E-state index contributed by atoms with van der Waals surface area (Å²) in [7, 11) is 0.586. The van der Waals surface area contributed by atoms with E-state index in [0.29, 0.717) is 16.6 Å². The quantitative estimate of drug-likeness (QED) is 0.702. The smallest absolute Gasteiger partial charge is 0.197 e. The van der Waals surface area contributed by atoms with Crippen molar-refractivity contribution >= 4 is 27.5 Å². The lowest BCUT2D eigenvalue weighted by atomic mass is 10.3. The minimum atomic E-state index is -1.24. The zero-order valence-electron chi connectivity index (χ0n) is 10.3. The van der Waals surface area contributed by atoms with E-state index in [1.54, 1.807) is 16.8 Å². The van der Waals surface area contributed by atoms with Gasteiger partial charge in [-0.15, -0.1) is 0 Å². The number of hydrogen-bond donors (Lipinski definition) is 2. The van der Waals surface area contributed by atoms with Gasteiger partial charge in [-0.2, -0.15) is 5.10 Å². The standard InChI is InChI=1S/C12H13N5OS/c1-17-5-4-9(16-17)7-19(18)12-14-10-3-2-8(13)6-11(10)15-12/h2-6H,7,13H2,1H3,(H,14,15). The summed E-state index contributed by atoms with van der Waals surface area (Å²) in [6.07, 6.45) is 1.83. The molecule has 2 heterocycles. The van der Waals surface area contributed by atoms with E-state index in [4.69, 9.17) is 5.73 Å². The number of H-pyrrole nitrogens is 1. The molecular weight excluding hydrogens is 262 g/mol. The molecule has 0 aliphatic carbocycles. The zero-order valence-corrected chi connectivity index (χ0v) is 11.1. The van der Waals surface area contributed by atoms with Gasteiger partial charge < -0.3 is 10.7 Å². The van der Waals surface area contributed by atoms with Crippen molar-refractivity contribution in [2.75, 3.05) is 5.73 Å². The normalized spacial score (nSPS) is 12.9. The van der Waals surface area contributed by atoms with Gasteiger partial charge in [0.15, 0.2) is 5.16 Å². The van der Waals surface area contributed by atoms with E-state index >= 15 is 0 Å². The summed E-state index contributed by atoms with van der Waals surface area (Å²) in [6, 6.07) is 7.21. The third kappa shape index (κ3) is 2.37. The molecule has 0 bridgehead atoms.